The molecule has 24 heteroatoms. The monoisotopic (exact) mass is 746 g/mol. The number of fused-ring (bicyclic) bond motifs is 10. The predicted molar refractivity (Wildman–Crippen MR) is 169 cm³/mol. The fourth-order valence-electron chi connectivity index (χ4n) is 5.87. The van der Waals surface area contributed by atoms with Crippen molar-refractivity contribution in [1.29, 1.82) is 0 Å². The maximum atomic E-state index is 16.2. The van der Waals surface area contributed by atoms with E-state index in [0.717, 1.165) is 0 Å². The van der Waals surface area contributed by atoms with Crippen molar-refractivity contribution in [3.63, 3.8) is 0 Å². The van der Waals surface area contributed by atoms with Crippen LogP contribution in [-0.4, -0.2) is 107 Å². The van der Waals surface area contributed by atoms with Gasteiger partial charge in [0.15, 0.2) is 58.8 Å². The van der Waals surface area contributed by atoms with Gasteiger partial charge < -0.3 is 29.5 Å². The zero-order valence-corrected chi connectivity index (χ0v) is 27.8. The van der Waals surface area contributed by atoms with E-state index in [2.05, 4.69) is 52.8 Å². The summed E-state index contributed by atoms with van der Waals surface area (Å²) in [5, 5.41) is 6.30. The maximum absolute atomic E-state index is 16.2. The number of thiol groups is 1. The Morgan fingerprint density at radius 3 is 1.85 bits per heavy atom. The van der Waals surface area contributed by atoms with Gasteiger partial charge in [-0.3, -0.25) is 22.7 Å². The second-order valence-electron chi connectivity index (χ2n) is 11.0. The number of hydrogen-bond donors (Lipinski definition) is 4. The van der Waals surface area contributed by atoms with E-state index >= 15 is 8.78 Å². The first kappa shape index (κ1) is 32.5. The van der Waals surface area contributed by atoms with E-state index in [1.165, 1.54) is 34.4 Å². The Kier molecular flexibility index (Phi) is 8.48. The Balaban J connectivity index is 1.21. The van der Waals surface area contributed by atoms with Gasteiger partial charge in [-0.15, -0.1) is 0 Å². The molecule has 5 aliphatic rings. The third-order valence-corrected chi connectivity index (χ3v) is 11.2. The Labute approximate surface area is 279 Å². The van der Waals surface area contributed by atoms with Gasteiger partial charge in [0, 0.05) is 13.1 Å². The summed E-state index contributed by atoms with van der Waals surface area (Å²) in [6, 6.07) is 0. The minimum Gasteiger partial charge on any atom is -0.365 e. The summed E-state index contributed by atoms with van der Waals surface area (Å²) in [7, 11) is 0. The van der Waals surface area contributed by atoms with Crippen LogP contribution in [0.25, 0.3) is 22.3 Å². The molecule has 3 N–H and O–H groups in total. The molecule has 0 spiro atoms. The topological polar surface area (TPSA) is 204 Å². The van der Waals surface area contributed by atoms with Crippen LogP contribution in [0.2, 0.25) is 0 Å². The zero-order chi connectivity index (χ0) is 33.2. The normalized spacial score (nSPS) is 37.3. The Hall–Kier alpha value is -2.75. The molecule has 2 unspecified atom stereocenters. The number of rotatable bonds is 0. The first-order valence-corrected chi connectivity index (χ1v) is 19.8. The van der Waals surface area contributed by atoms with Crippen molar-refractivity contribution >= 4 is 71.5 Å². The fraction of sp³-hybridized carbons (Fsp3) is 0.500. The highest BCUT2D eigenvalue weighted by atomic mass is 32.7. The Bertz CT molecular complexity index is 1860. The summed E-state index contributed by atoms with van der Waals surface area (Å²) in [4.78, 5) is 36.8. The molecule has 3 fully saturated rings. The summed E-state index contributed by atoms with van der Waals surface area (Å²) in [6.07, 6.45) is -3.72. The molecular formula is C24H26F2N10O8P2S2. The first-order valence-electron chi connectivity index (χ1n) is 14.5. The van der Waals surface area contributed by atoms with E-state index in [1.54, 1.807) is 0 Å². The van der Waals surface area contributed by atoms with Gasteiger partial charge in [-0.1, -0.05) is 24.4 Å². The van der Waals surface area contributed by atoms with Crippen LogP contribution in [0.15, 0.2) is 37.5 Å². The molecule has 9 rings (SSSR count). The van der Waals surface area contributed by atoms with Crippen LogP contribution in [0, 0.1) is 0 Å². The van der Waals surface area contributed by atoms with Gasteiger partial charge >= 0.3 is 13.5 Å². The molecule has 0 aromatic carbocycles. The molecule has 4 aromatic heterocycles. The fourth-order valence-corrected chi connectivity index (χ4v) is 8.79. The van der Waals surface area contributed by atoms with Crippen LogP contribution in [0.4, 0.5) is 20.4 Å². The predicted octanol–water partition coefficient (Wildman–Crippen LogP) is 2.60. The highest BCUT2D eigenvalue weighted by molar-refractivity contribution is 8.44. The summed E-state index contributed by atoms with van der Waals surface area (Å²) < 4.78 is 82.8. The summed E-state index contributed by atoms with van der Waals surface area (Å²) in [5.41, 5.74) is 1.09. The van der Waals surface area contributed by atoms with Crippen molar-refractivity contribution in [2.75, 3.05) is 36.9 Å². The Morgan fingerprint density at radius 1 is 0.812 bits per heavy atom. The average molecular weight is 747 g/mol. The minimum absolute atomic E-state index is 0.222. The minimum atomic E-state index is -4.38. The largest absolute Gasteiger partial charge is 0.386 e. The van der Waals surface area contributed by atoms with Crippen molar-refractivity contribution < 1.29 is 45.8 Å². The van der Waals surface area contributed by atoms with Crippen molar-refractivity contribution in [3.05, 3.63) is 37.5 Å². The molecule has 0 saturated carbocycles. The summed E-state index contributed by atoms with van der Waals surface area (Å²) in [5.74, 6) is 0.753. The standard InChI is InChI=1S/C24H26F2N10O8P2S2/c25-13-17-11-5-39-46(38,48)44-18-12(6-40-45(37,47)43-17)42-24(14(18)26)36-10-34-16-20(30-8-32-22(16)36)28-4-2-1-3-27-19-15-21(31-7-29-19)35(9-33-15)23(13)41-11/h1-2,7-14,17-18,23-24H,3-6H2,(H,37,47)(H,38,48)(H,27,29,31)(H,28,30,32)/t11-,12-,13-,14-,17-,18-,23-,24-,45?,46?/m1/s1. The van der Waals surface area contributed by atoms with Gasteiger partial charge in [-0.2, -0.15) is 0 Å². The first-order chi connectivity index (χ1) is 23.1. The van der Waals surface area contributed by atoms with Gasteiger partial charge in [0.25, 0.3) is 0 Å². The molecule has 0 radical (unpaired) electrons. The molecule has 0 aliphatic carbocycles. The molecule has 48 heavy (non-hydrogen) atoms. The van der Waals surface area contributed by atoms with Crippen LogP contribution in [0.5, 0.6) is 0 Å². The third-order valence-electron chi connectivity index (χ3n) is 8.05. The molecule has 3 saturated heterocycles. The number of ether oxygens (including phenoxy) is 2. The number of halogens is 2. The van der Waals surface area contributed by atoms with Gasteiger partial charge in [0.2, 0.25) is 0 Å². The van der Waals surface area contributed by atoms with Crippen LogP contribution < -0.4 is 10.6 Å². The van der Waals surface area contributed by atoms with Crippen molar-refractivity contribution in [2.24, 2.45) is 0 Å². The van der Waals surface area contributed by atoms with Crippen LogP contribution in [0.1, 0.15) is 12.5 Å². The van der Waals surface area contributed by atoms with E-state index in [-0.39, 0.29) is 11.3 Å². The maximum Gasteiger partial charge on any atom is 0.386 e. The molecule has 10 atom stereocenters. The van der Waals surface area contributed by atoms with E-state index in [1.807, 2.05) is 12.2 Å². The van der Waals surface area contributed by atoms with Crippen LogP contribution >= 0.6 is 25.8 Å². The van der Waals surface area contributed by atoms with Crippen LogP contribution in [0.3, 0.4) is 0 Å². The third kappa shape index (κ3) is 5.91. The zero-order valence-electron chi connectivity index (χ0n) is 24.3. The molecule has 9 heterocycles. The quantitative estimate of drug-likeness (QED) is 0.116. The number of hydrogen-bond acceptors (Lipinski definition) is 16. The summed E-state index contributed by atoms with van der Waals surface area (Å²) in [6.45, 7) is -9.13. The van der Waals surface area contributed by atoms with Gasteiger partial charge in [-0.05, 0) is 11.8 Å². The molecular weight excluding hydrogens is 720 g/mol. The number of alkyl halides is 2. The van der Waals surface area contributed by atoms with Gasteiger partial charge in [-0.25, -0.2) is 43.2 Å². The molecule has 5 aliphatic heterocycles. The number of aromatic nitrogens is 8. The average Bonchev–Trinajstić information content (AvgIpc) is 3.81. The van der Waals surface area contributed by atoms with Crippen molar-refractivity contribution in [1.82, 2.24) is 39.0 Å². The summed E-state index contributed by atoms with van der Waals surface area (Å²) >= 11 is 9.28. The molecule has 14 bridgehead atoms. The Morgan fingerprint density at radius 2 is 1.31 bits per heavy atom. The van der Waals surface area contributed by atoms with E-state index in [4.69, 9.17) is 39.4 Å². The lowest BCUT2D eigenvalue weighted by Gasteiger charge is -2.29. The number of anilines is 2. The van der Waals surface area contributed by atoms with Crippen LogP contribution in [-0.2, 0) is 43.9 Å². The van der Waals surface area contributed by atoms with E-state index < -0.39 is 75.9 Å². The van der Waals surface area contributed by atoms with E-state index in [9.17, 15) is 9.46 Å². The highest BCUT2D eigenvalue weighted by Gasteiger charge is 2.54. The van der Waals surface area contributed by atoms with Gasteiger partial charge in [0.05, 0.1) is 25.9 Å². The van der Waals surface area contributed by atoms with Crippen molar-refractivity contribution in [3.8, 4) is 0 Å². The van der Waals surface area contributed by atoms with E-state index in [0.29, 0.717) is 35.8 Å². The lowest BCUT2D eigenvalue weighted by atomic mass is 10.1. The smallest absolute Gasteiger partial charge is 0.365 e. The molecule has 256 valence electrons. The molecule has 0 amide bonds. The number of nitrogens with one attached hydrogen (secondary N) is 2. The number of imidazole rings is 2. The highest BCUT2D eigenvalue weighted by Crippen LogP contribution is 2.58. The SMILES string of the molecule is O=P1(S)OC[C@H]2O[C@@H]3[C@H](F)[C@@H]2OP(O)(=S)OC[C@H]2O[C@H]([C@H](F)[C@@H]2O1)n1cnc2c(ncnc21)NCC=CCNc1ncnc2c1ncn23. The second kappa shape index (κ2) is 12.5. The second-order valence-corrected chi connectivity index (χ2v) is 16.7. The lowest BCUT2D eigenvalue weighted by Crippen LogP contribution is -2.37. The van der Waals surface area contributed by atoms with Crippen molar-refractivity contribution in [2.45, 2.75) is 49.2 Å². The number of nitrogens with zero attached hydrogens (tertiary/aromatic N) is 8. The van der Waals surface area contributed by atoms with Gasteiger partial charge in [0.1, 0.15) is 37.1 Å². The lowest BCUT2D eigenvalue weighted by molar-refractivity contribution is -0.0564. The molecule has 18 nitrogen and oxygen atoms in total. The molecule has 4 aromatic rings.